The first-order valence-electron chi connectivity index (χ1n) is 8.50. The van der Waals surface area contributed by atoms with Crippen molar-refractivity contribution in [3.05, 3.63) is 16.7 Å². The molecule has 1 saturated heterocycles. The fraction of sp³-hybridized carbons (Fsp3) is 0.545. The lowest BCUT2D eigenvalue weighted by Gasteiger charge is -2.24. The number of imidazole rings is 1. The molecule has 186 valence electrons. The van der Waals surface area contributed by atoms with Gasteiger partial charge < -0.3 is 44.4 Å². The Kier molecular flexibility index (Phi) is 7.61. The summed E-state index contributed by atoms with van der Waals surface area (Å²) in [5, 5.41) is 20.7. The van der Waals surface area contributed by atoms with E-state index in [1.165, 1.54) is 0 Å². The lowest BCUT2D eigenvalue weighted by Crippen LogP contribution is -2.33. The van der Waals surface area contributed by atoms with Gasteiger partial charge in [0.05, 0.1) is 12.9 Å². The number of fused-ring (bicyclic) bond motifs is 1. The zero-order chi connectivity index (χ0) is 24.8. The maximum atomic E-state index is 11.9. The first kappa shape index (κ1) is 26.5. The number of hydrogen-bond acceptors (Lipinski definition) is 14. The Morgan fingerprint density at radius 2 is 1.94 bits per heavy atom. The van der Waals surface area contributed by atoms with Crippen LogP contribution in [0.3, 0.4) is 0 Å². The molecule has 0 spiro atoms. The summed E-state index contributed by atoms with van der Waals surface area (Å²) in [6.45, 7) is -4.82. The van der Waals surface area contributed by atoms with Gasteiger partial charge in [-0.05, 0) is 11.8 Å². The Bertz CT molecular complexity index is 1230. The van der Waals surface area contributed by atoms with Gasteiger partial charge in [-0.1, -0.05) is 0 Å². The number of aliphatic hydroxyl groups excluding tert-OH is 2. The van der Waals surface area contributed by atoms with Crippen LogP contribution in [0, 0.1) is 0 Å². The molecule has 0 saturated carbocycles. The van der Waals surface area contributed by atoms with E-state index in [9.17, 15) is 29.0 Å². The van der Waals surface area contributed by atoms with E-state index in [1.807, 2.05) is 0 Å². The first-order valence-corrected chi connectivity index (χ1v) is 14.1. The highest BCUT2D eigenvalue weighted by atomic mass is 32.5. The Morgan fingerprint density at radius 3 is 2.55 bits per heavy atom. The summed E-state index contributed by atoms with van der Waals surface area (Å²) in [5.74, 6) is -0.230. The van der Waals surface area contributed by atoms with Gasteiger partial charge in [-0.15, -0.1) is 0 Å². The van der Waals surface area contributed by atoms with Crippen LogP contribution < -0.4 is 11.3 Å². The highest BCUT2D eigenvalue weighted by Crippen LogP contribution is 2.68. The van der Waals surface area contributed by atoms with E-state index in [2.05, 4.69) is 23.6 Å². The van der Waals surface area contributed by atoms with Crippen molar-refractivity contribution in [1.29, 1.82) is 0 Å². The molecule has 6 atom stereocenters. The third-order valence-corrected chi connectivity index (χ3v) is 9.67. The molecule has 2 aromatic rings. The number of ether oxygens (including phenoxy) is 1. The molecule has 0 amide bonds. The summed E-state index contributed by atoms with van der Waals surface area (Å²) in [6, 6.07) is 0. The normalized spacial score (nSPS) is 27.5. The van der Waals surface area contributed by atoms with Gasteiger partial charge >= 0.3 is 22.4 Å². The van der Waals surface area contributed by atoms with Crippen LogP contribution in [0.1, 0.15) is 6.23 Å². The Balaban J connectivity index is 1.75. The first-order chi connectivity index (χ1) is 15.1. The number of aromatic amines is 1. The smallest absolute Gasteiger partial charge is 0.387 e. The van der Waals surface area contributed by atoms with Crippen molar-refractivity contribution in [1.82, 2.24) is 19.5 Å². The molecule has 0 aliphatic carbocycles. The van der Waals surface area contributed by atoms with Gasteiger partial charge in [-0.25, -0.2) is 18.4 Å². The lowest BCUT2D eigenvalue weighted by atomic mass is 10.1. The summed E-state index contributed by atoms with van der Waals surface area (Å²) >= 11 is 4.85. The van der Waals surface area contributed by atoms with Crippen molar-refractivity contribution in [2.24, 2.45) is 0 Å². The third-order valence-electron chi connectivity index (χ3n) is 4.10. The molecular formula is C11H18N5O13P3S. The molecule has 22 heteroatoms. The predicted octanol–water partition coefficient (Wildman–Crippen LogP) is -1.57. The monoisotopic (exact) mass is 553 g/mol. The summed E-state index contributed by atoms with van der Waals surface area (Å²) in [4.78, 5) is 48.8. The number of H-pyrrole nitrogens is 1. The van der Waals surface area contributed by atoms with Crippen LogP contribution in [0.25, 0.3) is 11.2 Å². The second-order valence-corrected chi connectivity index (χ2v) is 12.5. The number of hydrogen-bond donors (Lipinski definition) is 7. The van der Waals surface area contributed by atoms with Crippen LogP contribution >= 0.6 is 22.4 Å². The zero-order valence-electron chi connectivity index (χ0n) is 16.3. The van der Waals surface area contributed by atoms with Crippen LogP contribution in [0.5, 0.6) is 0 Å². The lowest BCUT2D eigenvalue weighted by molar-refractivity contribution is -0.0489. The van der Waals surface area contributed by atoms with Crippen LogP contribution in [0.4, 0.5) is 5.95 Å². The number of rotatable bonds is 9. The molecule has 0 aromatic carbocycles. The Labute approximate surface area is 188 Å². The number of anilines is 1. The average molecular weight is 553 g/mol. The second kappa shape index (κ2) is 9.49. The fourth-order valence-corrected chi connectivity index (χ4v) is 7.08. The average Bonchev–Trinajstić information content (AvgIpc) is 3.20. The van der Waals surface area contributed by atoms with Gasteiger partial charge in [0, 0.05) is 7.11 Å². The molecule has 8 N–H and O–H groups in total. The Morgan fingerprint density at radius 1 is 1.27 bits per heavy atom. The summed E-state index contributed by atoms with van der Waals surface area (Å²) in [6.07, 6.45) is -4.68. The maximum absolute atomic E-state index is 11.9. The van der Waals surface area contributed by atoms with Crippen molar-refractivity contribution in [2.75, 3.05) is 19.5 Å². The molecule has 1 aliphatic rings. The number of nitrogens with one attached hydrogen (secondary N) is 1. The van der Waals surface area contributed by atoms with E-state index in [0.717, 1.165) is 18.0 Å². The van der Waals surface area contributed by atoms with Crippen molar-refractivity contribution < 1.29 is 56.4 Å². The maximum Gasteiger partial charge on any atom is 0.488 e. The number of nitrogen functional groups attached to an aromatic ring is 1. The molecule has 0 radical (unpaired) electrons. The number of nitrogens with zero attached hydrogens (tertiary/aromatic N) is 3. The van der Waals surface area contributed by atoms with E-state index >= 15 is 0 Å². The van der Waals surface area contributed by atoms with Gasteiger partial charge in [0.25, 0.3) is 5.56 Å². The molecule has 1 fully saturated rings. The zero-order valence-corrected chi connectivity index (χ0v) is 19.8. The number of phosphoric acid groups is 2. The van der Waals surface area contributed by atoms with Crippen molar-refractivity contribution >= 4 is 51.3 Å². The highest BCUT2D eigenvalue weighted by Gasteiger charge is 2.46. The van der Waals surface area contributed by atoms with E-state index in [4.69, 9.17) is 41.1 Å². The number of aliphatic hydroxyl groups is 2. The van der Waals surface area contributed by atoms with Crippen molar-refractivity contribution in [3.63, 3.8) is 0 Å². The predicted molar refractivity (Wildman–Crippen MR) is 110 cm³/mol. The van der Waals surface area contributed by atoms with Gasteiger partial charge in [-0.2, -0.15) is 9.29 Å². The van der Waals surface area contributed by atoms with Crippen LogP contribution in [-0.2, 0) is 43.3 Å². The standard InChI is InChI=1S/C11H18N5O13P3S/c1-25-32(33,29-31(23,24)28-30(20,21)22)26-2-4-6(17)7(18)10(27-4)16-3-13-5-8(16)14-11(12)15-9(5)19/h3-4,6-7,10,17-18H,2H2,1H3,(H,23,24)(H2,20,21,22)(H3,12,14,15,19)/t4-,6?,7+,10-,32?/m1/s1. The van der Waals surface area contributed by atoms with Crippen LogP contribution in [0.15, 0.2) is 11.1 Å². The van der Waals surface area contributed by atoms with Crippen molar-refractivity contribution in [3.8, 4) is 0 Å². The van der Waals surface area contributed by atoms with Gasteiger partial charge in [0.15, 0.2) is 17.4 Å². The Hall–Kier alpha value is -1.14. The number of aromatic nitrogens is 4. The van der Waals surface area contributed by atoms with Crippen LogP contribution in [-0.4, -0.2) is 76.4 Å². The minimum Gasteiger partial charge on any atom is -0.387 e. The molecule has 3 heterocycles. The minimum absolute atomic E-state index is 0.0461. The number of nitrogens with two attached hydrogens (primary N) is 1. The SMILES string of the molecule is COP(=S)(OC[C@H]1O[C@@H](n2cnc3c(=O)[nH]c(N)nc32)[C@@H](O)C1O)OP(=O)(O)OP(=O)(O)O. The fourth-order valence-electron chi connectivity index (χ4n) is 2.78. The molecular weight excluding hydrogens is 535 g/mol. The molecule has 33 heavy (non-hydrogen) atoms. The third kappa shape index (κ3) is 6.11. The summed E-state index contributed by atoms with van der Waals surface area (Å²) in [5.41, 5.74) is 4.72. The van der Waals surface area contributed by atoms with E-state index in [-0.39, 0.29) is 17.1 Å². The topological polar surface area (TPSA) is 271 Å². The van der Waals surface area contributed by atoms with Gasteiger partial charge in [0.2, 0.25) is 5.95 Å². The van der Waals surface area contributed by atoms with Gasteiger partial charge in [0.1, 0.15) is 18.3 Å². The van der Waals surface area contributed by atoms with E-state index < -0.39 is 59.1 Å². The largest absolute Gasteiger partial charge is 0.488 e. The van der Waals surface area contributed by atoms with Crippen LogP contribution in [0.2, 0.25) is 0 Å². The summed E-state index contributed by atoms with van der Waals surface area (Å²) < 4.78 is 47.2. The van der Waals surface area contributed by atoms with E-state index in [1.54, 1.807) is 0 Å². The highest BCUT2D eigenvalue weighted by molar-refractivity contribution is 8.09. The molecule has 1 aliphatic heterocycles. The van der Waals surface area contributed by atoms with Gasteiger partial charge in [-0.3, -0.25) is 14.3 Å². The minimum atomic E-state index is -5.43. The van der Waals surface area contributed by atoms with E-state index in [0.29, 0.717) is 0 Å². The molecule has 3 unspecified atom stereocenters. The molecule has 3 rings (SSSR count). The molecule has 2 aromatic heterocycles. The van der Waals surface area contributed by atoms with Crippen molar-refractivity contribution in [2.45, 2.75) is 24.5 Å². The quantitative estimate of drug-likeness (QED) is 0.173. The molecule has 0 bridgehead atoms. The second-order valence-electron chi connectivity index (χ2n) is 6.37. The molecule has 18 nitrogen and oxygen atoms in total. The summed E-state index contributed by atoms with van der Waals surface area (Å²) in [7, 11) is -9.92.